The van der Waals surface area contributed by atoms with Gasteiger partial charge in [0.2, 0.25) is 0 Å². The average Bonchev–Trinajstić information content (AvgIpc) is 3.21. The second kappa shape index (κ2) is 6.70. The van der Waals surface area contributed by atoms with Gasteiger partial charge in [-0.3, -0.25) is 14.7 Å². The first-order valence-electron chi connectivity index (χ1n) is 8.50. The van der Waals surface area contributed by atoms with E-state index < -0.39 is 11.9 Å². The van der Waals surface area contributed by atoms with E-state index in [1.165, 1.54) is 6.07 Å². The molecule has 132 valence electrons. The number of aromatic nitrogens is 1. The number of rotatable bonds is 3. The molecule has 0 N–H and O–H groups in total. The standard InChI is InChI=1S/C17H22F3N3O/c1-2-22-9-3-5-13(22)14-6-4-10-23(14)16(24)12-7-8-15(21-11-12)17(18,19)20/h7-8,11,13-14H,2-6,9-10H2,1H3/t13-,14+/m1/s1. The summed E-state index contributed by atoms with van der Waals surface area (Å²) in [5.41, 5.74) is -0.735. The lowest BCUT2D eigenvalue weighted by Gasteiger charge is -2.34. The van der Waals surface area contributed by atoms with Gasteiger partial charge >= 0.3 is 6.18 Å². The normalized spacial score (nSPS) is 25.4. The van der Waals surface area contributed by atoms with Crippen LogP contribution in [0, 0.1) is 0 Å². The SMILES string of the molecule is CCN1CCC[C@@H]1[C@@H]1CCCN1C(=O)c1ccc(C(F)(F)F)nc1. The van der Waals surface area contributed by atoms with Crippen LogP contribution in [0.2, 0.25) is 0 Å². The van der Waals surface area contributed by atoms with Gasteiger partial charge in [0, 0.05) is 24.8 Å². The van der Waals surface area contributed by atoms with Crippen molar-refractivity contribution < 1.29 is 18.0 Å². The van der Waals surface area contributed by atoms with Gasteiger partial charge in [-0.05, 0) is 50.9 Å². The summed E-state index contributed by atoms with van der Waals surface area (Å²) in [4.78, 5) is 20.4. The quantitative estimate of drug-likeness (QED) is 0.847. The smallest absolute Gasteiger partial charge is 0.334 e. The van der Waals surface area contributed by atoms with Crippen LogP contribution in [-0.4, -0.2) is 52.4 Å². The lowest BCUT2D eigenvalue weighted by Crippen LogP contribution is -2.48. The van der Waals surface area contributed by atoms with Crippen LogP contribution in [0.15, 0.2) is 18.3 Å². The number of likely N-dealkylation sites (tertiary alicyclic amines) is 2. The van der Waals surface area contributed by atoms with E-state index in [0.717, 1.165) is 51.0 Å². The highest BCUT2D eigenvalue weighted by atomic mass is 19.4. The van der Waals surface area contributed by atoms with Gasteiger partial charge in [0.15, 0.2) is 0 Å². The fraction of sp³-hybridized carbons (Fsp3) is 0.647. The number of amides is 1. The lowest BCUT2D eigenvalue weighted by atomic mass is 10.0. The Morgan fingerprint density at radius 1 is 1.21 bits per heavy atom. The first-order chi connectivity index (χ1) is 11.4. The molecule has 24 heavy (non-hydrogen) atoms. The maximum Gasteiger partial charge on any atom is 0.433 e. The minimum Gasteiger partial charge on any atom is -0.334 e. The topological polar surface area (TPSA) is 36.4 Å². The summed E-state index contributed by atoms with van der Waals surface area (Å²) in [6.07, 6.45) is 0.682. The van der Waals surface area contributed by atoms with Gasteiger partial charge < -0.3 is 4.90 Å². The van der Waals surface area contributed by atoms with E-state index in [1.54, 1.807) is 0 Å². The van der Waals surface area contributed by atoms with Gasteiger partial charge in [0.05, 0.1) is 5.56 Å². The van der Waals surface area contributed by atoms with Crippen molar-refractivity contribution in [1.29, 1.82) is 0 Å². The third-order valence-corrected chi connectivity index (χ3v) is 5.13. The van der Waals surface area contributed by atoms with Gasteiger partial charge in [-0.1, -0.05) is 6.92 Å². The summed E-state index contributed by atoms with van der Waals surface area (Å²) in [6, 6.07) is 2.64. The van der Waals surface area contributed by atoms with Crippen molar-refractivity contribution in [3.63, 3.8) is 0 Å². The number of carbonyl (C=O) groups excluding carboxylic acids is 1. The highest BCUT2D eigenvalue weighted by Gasteiger charge is 2.39. The predicted molar refractivity (Wildman–Crippen MR) is 83.6 cm³/mol. The molecule has 0 saturated carbocycles. The highest BCUT2D eigenvalue weighted by Crippen LogP contribution is 2.31. The van der Waals surface area contributed by atoms with Gasteiger partial charge in [0.1, 0.15) is 5.69 Å². The maximum atomic E-state index is 12.8. The summed E-state index contributed by atoms with van der Waals surface area (Å²) < 4.78 is 37.8. The molecule has 0 bridgehead atoms. The van der Waals surface area contributed by atoms with Gasteiger partial charge in [-0.15, -0.1) is 0 Å². The molecule has 7 heteroatoms. The van der Waals surface area contributed by atoms with Crippen LogP contribution in [0.3, 0.4) is 0 Å². The molecule has 0 unspecified atom stereocenters. The molecular formula is C17H22F3N3O. The zero-order valence-electron chi connectivity index (χ0n) is 13.7. The summed E-state index contributed by atoms with van der Waals surface area (Å²) >= 11 is 0. The van der Waals surface area contributed by atoms with E-state index in [9.17, 15) is 18.0 Å². The molecule has 0 spiro atoms. The second-order valence-electron chi connectivity index (χ2n) is 6.48. The molecule has 0 aliphatic carbocycles. The largest absolute Gasteiger partial charge is 0.433 e. The van der Waals surface area contributed by atoms with Crippen molar-refractivity contribution in [1.82, 2.24) is 14.8 Å². The minimum atomic E-state index is -4.48. The fourth-order valence-corrected chi connectivity index (χ4v) is 3.98. The Labute approximate surface area is 139 Å². The van der Waals surface area contributed by atoms with E-state index in [2.05, 4.69) is 16.8 Å². The first-order valence-corrected chi connectivity index (χ1v) is 8.50. The number of hydrogen-bond donors (Lipinski definition) is 0. The minimum absolute atomic E-state index is 0.155. The van der Waals surface area contributed by atoms with Crippen LogP contribution in [0.1, 0.15) is 48.7 Å². The van der Waals surface area contributed by atoms with Crippen LogP contribution in [0.25, 0.3) is 0 Å². The van der Waals surface area contributed by atoms with Crippen LogP contribution < -0.4 is 0 Å². The molecule has 3 heterocycles. The van der Waals surface area contributed by atoms with Crippen LogP contribution in [0.4, 0.5) is 13.2 Å². The molecular weight excluding hydrogens is 319 g/mol. The van der Waals surface area contributed by atoms with Gasteiger partial charge in [0.25, 0.3) is 5.91 Å². The summed E-state index contributed by atoms with van der Waals surface area (Å²) in [5, 5.41) is 0. The Morgan fingerprint density at radius 2 is 1.92 bits per heavy atom. The van der Waals surface area contributed by atoms with Crippen molar-refractivity contribution in [2.45, 2.75) is 50.9 Å². The molecule has 1 aromatic heterocycles. The predicted octanol–water partition coefficient (Wildman–Crippen LogP) is 3.19. The third kappa shape index (κ3) is 3.27. The van der Waals surface area contributed by atoms with E-state index >= 15 is 0 Å². The van der Waals surface area contributed by atoms with E-state index in [1.807, 2.05) is 4.90 Å². The number of likely N-dealkylation sites (N-methyl/N-ethyl adjacent to an activating group) is 1. The van der Waals surface area contributed by atoms with E-state index in [4.69, 9.17) is 0 Å². The molecule has 0 aromatic carbocycles. The third-order valence-electron chi connectivity index (χ3n) is 5.13. The molecule has 2 aliphatic heterocycles. The summed E-state index contributed by atoms with van der Waals surface area (Å²) in [7, 11) is 0. The molecule has 2 aliphatic rings. The number of nitrogens with zero attached hydrogens (tertiary/aromatic N) is 3. The molecule has 4 nitrogen and oxygen atoms in total. The zero-order valence-corrected chi connectivity index (χ0v) is 13.7. The Bertz CT molecular complexity index is 588. The van der Waals surface area contributed by atoms with Crippen molar-refractivity contribution in [3.05, 3.63) is 29.6 Å². The van der Waals surface area contributed by atoms with Gasteiger partial charge in [-0.25, -0.2) is 0 Å². The summed E-state index contributed by atoms with van der Waals surface area (Å²) in [6.45, 7) is 4.81. The number of halogens is 3. The monoisotopic (exact) mass is 341 g/mol. The Morgan fingerprint density at radius 3 is 2.54 bits per heavy atom. The second-order valence-corrected chi connectivity index (χ2v) is 6.48. The van der Waals surface area contributed by atoms with Crippen molar-refractivity contribution in [2.24, 2.45) is 0 Å². The Hall–Kier alpha value is -1.63. The van der Waals surface area contributed by atoms with Gasteiger partial charge in [-0.2, -0.15) is 13.2 Å². The Kier molecular flexibility index (Phi) is 4.80. The van der Waals surface area contributed by atoms with Crippen molar-refractivity contribution >= 4 is 5.91 Å². The highest BCUT2D eigenvalue weighted by molar-refractivity contribution is 5.94. The molecule has 0 radical (unpaired) electrons. The number of pyridine rings is 1. The molecule has 1 amide bonds. The first kappa shape index (κ1) is 17.2. The summed E-state index contributed by atoms with van der Waals surface area (Å²) in [5.74, 6) is -0.207. The molecule has 3 rings (SSSR count). The lowest BCUT2D eigenvalue weighted by molar-refractivity contribution is -0.141. The van der Waals surface area contributed by atoms with Crippen molar-refractivity contribution in [2.75, 3.05) is 19.6 Å². The number of alkyl halides is 3. The number of carbonyl (C=O) groups is 1. The number of hydrogen-bond acceptors (Lipinski definition) is 3. The fourth-order valence-electron chi connectivity index (χ4n) is 3.98. The molecule has 1 aromatic rings. The Balaban J connectivity index is 1.76. The van der Waals surface area contributed by atoms with Crippen LogP contribution in [-0.2, 0) is 6.18 Å². The zero-order chi connectivity index (χ0) is 17.3. The molecule has 2 saturated heterocycles. The van der Waals surface area contributed by atoms with Crippen molar-refractivity contribution in [3.8, 4) is 0 Å². The van der Waals surface area contributed by atoms with E-state index in [0.29, 0.717) is 12.6 Å². The van der Waals surface area contributed by atoms with E-state index in [-0.39, 0.29) is 17.5 Å². The van der Waals surface area contributed by atoms with Crippen LogP contribution in [0.5, 0.6) is 0 Å². The maximum absolute atomic E-state index is 12.8. The van der Waals surface area contributed by atoms with Crippen LogP contribution >= 0.6 is 0 Å². The average molecular weight is 341 g/mol. The molecule has 2 atom stereocenters. The molecule has 2 fully saturated rings.